The van der Waals surface area contributed by atoms with E-state index in [1.54, 1.807) is 30.3 Å². The monoisotopic (exact) mass is 258 g/mol. The normalized spacial score (nSPS) is 10.2. The Kier molecular flexibility index (Phi) is 3.80. The molecule has 0 radical (unpaired) electrons. The van der Waals surface area contributed by atoms with Gasteiger partial charge in [-0.15, -0.1) is 0 Å². The van der Waals surface area contributed by atoms with Crippen LogP contribution in [0.2, 0.25) is 0 Å². The molecule has 0 spiro atoms. The number of nitrogens with one attached hydrogen (secondary N) is 1. The van der Waals surface area contributed by atoms with Gasteiger partial charge in [0.2, 0.25) is 0 Å². The van der Waals surface area contributed by atoms with Crippen molar-refractivity contribution in [2.45, 2.75) is 13.5 Å². The van der Waals surface area contributed by atoms with Gasteiger partial charge in [-0.1, -0.05) is 18.2 Å². The number of anilines is 1. The second-order valence-electron chi connectivity index (χ2n) is 4.38. The fraction of sp³-hybridized carbons (Fsp3) is 0.133. The van der Waals surface area contributed by atoms with Crippen LogP contribution in [0.3, 0.4) is 0 Å². The SMILES string of the molecule is Cc1ccc(C(=O)NCc2cccc(F)c2)cc1N. The van der Waals surface area contributed by atoms with Gasteiger partial charge in [-0.2, -0.15) is 0 Å². The van der Waals surface area contributed by atoms with E-state index in [0.717, 1.165) is 5.56 Å². The number of benzene rings is 2. The third-order valence-corrected chi connectivity index (χ3v) is 2.88. The lowest BCUT2D eigenvalue weighted by Crippen LogP contribution is -2.23. The molecule has 0 aliphatic rings. The van der Waals surface area contributed by atoms with Crippen LogP contribution in [0.4, 0.5) is 10.1 Å². The summed E-state index contributed by atoms with van der Waals surface area (Å²) in [5, 5.41) is 2.73. The van der Waals surface area contributed by atoms with Crippen molar-refractivity contribution in [3.63, 3.8) is 0 Å². The van der Waals surface area contributed by atoms with Crippen LogP contribution in [0.15, 0.2) is 42.5 Å². The fourth-order valence-electron chi connectivity index (χ4n) is 1.71. The molecular formula is C15H15FN2O. The predicted molar refractivity (Wildman–Crippen MR) is 73.2 cm³/mol. The lowest BCUT2D eigenvalue weighted by Gasteiger charge is -2.07. The second-order valence-corrected chi connectivity index (χ2v) is 4.38. The van der Waals surface area contributed by atoms with Gasteiger partial charge in [0.1, 0.15) is 5.82 Å². The van der Waals surface area contributed by atoms with E-state index < -0.39 is 0 Å². The van der Waals surface area contributed by atoms with Crippen molar-refractivity contribution in [1.82, 2.24) is 5.32 Å². The van der Waals surface area contributed by atoms with Gasteiger partial charge in [0.05, 0.1) is 0 Å². The first-order chi connectivity index (χ1) is 9.06. The molecule has 19 heavy (non-hydrogen) atoms. The Bertz CT molecular complexity index is 611. The van der Waals surface area contributed by atoms with Gasteiger partial charge in [0.25, 0.3) is 5.91 Å². The average Bonchev–Trinajstić information content (AvgIpc) is 2.39. The van der Waals surface area contributed by atoms with Crippen molar-refractivity contribution in [3.05, 3.63) is 65.0 Å². The van der Waals surface area contributed by atoms with Crippen molar-refractivity contribution in [2.24, 2.45) is 0 Å². The molecule has 0 aliphatic carbocycles. The van der Waals surface area contributed by atoms with E-state index in [-0.39, 0.29) is 18.3 Å². The van der Waals surface area contributed by atoms with E-state index in [2.05, 4.69) is 5.32 Å². The molecule has 98 valence electrons. The van der Waals surface area contributed by atoms with Gasteiger partial charge in [-0.05, 0) is 42.3 Å². The molecule has 3 nitrogen and oxygen atoms in total. The molecule has 2 aromatic rings. The number of carbonyl (C=O) groups excluding carboxylic acids is 1. The van der Waals surface area contributed by atoms with Crippen LogP contribution in [-0.2, 0) is 6.54 Å². The maximum absolute atomic E-state index is 13.0. The zero-order valence-corrected chi connectivity index (χ0v) is 10.6. The average molecular weight is 258 g/mol. The molecule has 0 aliphatic heterocycles. The van der Waals surface area contributed by atoms with Gasteiger partial charge in [0.15, 0.2) is 0 Å². The summed E-state index contributed by atoms with van der Waals surface area (Å²) < 4.78 is 13.0. The molecule has 2 aromatic carbocycles. The van der Waals surface area contributed by atoms with Crippen molar-refractivity contribution in [1.29, 1.82) is 0 Å². The highest BCUT2D eigenvalue weighted by atomic mass is 19.1. The highest BCUT2D eigenvalue weighted by Gasteiger charge is 2.06. The third kappa shape index (κ3) is 3.31. The first-order valence-electron chi connectivity index (χ1n) is 5.95. The first-order valence-corrected chi connectivity index (χ1v) is 5.95. The molecular weight excluding hydrogens is 243 g/mol. The summed E-state index contributed by atoms with van der Waals surface area (Å²) >= 11 is 0. The molecule has 0 fully saturated rings. The zero-order valence-electron chi connectivity index (χ0n) is 10.6. The third-order valence-electron chi connectivity index (χ3n) is 2.88. The summed E-state index contributed by atoms with van der Waals surface area (Å²) in [4.78, 5) is 11.9. The molecule has 2 rings (SSSR count). The molecule has 0 unspecified atom stereocenters. The van der Waals surface area contributed by atoms with Crippen molar-refractivity contribution < 1.29 is 9.18 Å². The first kappa shape index (κ1) is 13.1. The summed E-state index contributed by atoms with van der Waals surface area (Å²) in [6.45, 7) is 2.16. The minimum absolute atomic E-state index is 0.226. The summed E-state index contributed by atoms with van der Waals surface area (Å²) in [6, 6.07) is 11.3. The molecule has 4 heteroatoms. The van der Waals surface area contributed by atoms with E-state index in [1.807, 2.05) is 6.92 Å². The minimum atomic E-state index is -0.314. The van der Waals surface area contributed by atoms with E-state index in [9.17, 15) is 9.18 Å². The van der Waals surface area contributed by atoms with Crippen molar-refractivity contribution in [2.75, 3.05) is 5.73 Å². The number of rotatable bonds is 3. The number of aryl methyl sites for hydroxylation is 1. The molecule has 0 heterocycles. The molecule has 0 aromatic heterocycles. The topological polar surface area (TPSA) is 55.1 Å². The molecule has 0 atom stereocenters. The smallest absolute Gasteiger partial charge is 0.251 e. The quantitative estimate of drug-likeness (QED) is 0.831. The maximum atomic E-state index is 13.0. The van der Waals surface area contributed by atoms with E-state index in [4.69, 9.17) is 5.73 Å². The number of carbonyl (C=O) groups is 1. The van der Waals surface area contributed by atoms with Gasteiger partial charge in [-0.25, -0.2) is 4.39 Å². The number of nitrogen functional groups attached to an aromatic ring is 1. The standard InChI is InChI=1S/C15H15FN2O/c1-10-5-6-12(8-14(10)17)15(19)18-9-11-3-2-4-13(16)7-11/h2-8H,9,17H2,1H3,(H,18,19). The second kappa shape index (κ2) is 5.52. The molecule has 0 bridgehead atoms. The summed E-state index contributed by atoms with van der Waals surface area (Å²) in [5.74, 6) is -0.540. The maximum Gasteiger partial charge on any atom is 0.251 e. The Morgan fingerprint density at radius 2 is 2.05 bits per heavy atom. The number of hydrogen-bond acceptors (Lipinski definition) is 2. The van der Waals surface area contributed by atoms with Crippen molar-refractivity contribution >= 4 is 11.6 Å². The summed E-state index contributed by atoms with van der Waals surface area (Å²) in [7, 11) is 0. The van der Waals surface area contributed by atoms with Crippen LogP contribution in [0.1, 0.15) is 21.5 Å². The van der Waals surface area contributed by atoms with Crippen LogP contribution >= 0.6 is 0 Å². The number of amides is 1. The number of halogens is 1. The number of hydrogen-bond donors (Lipinski definition) is 2. The Labute approximate surface area is 111 Å². The predicted octanol–water partition coefficient (Wildman–Crippen LogP) is 2.65. The molecule has 0 saturated heterocycles. The molecule has 0 saturated carbocycles. The Hall–Kier alpha value is -2.36. The van der Waals surface area contributed by atoms with Crippen LogP contribution in [0, 0.1) is 12.7 Å². The Morgan fingerprint density at radius 3 is 2.74 bits per heavy atom. The Morgan fingerprint density at radius 1 is 1.26 bits per heavy atom. The molecule has 1 amide bonds. The van der Waals surface area contributed by atoms with Crippen LogP contribution in [0.25, 0.3) is 0 Å². The van der Waals surface area contributed by atoms with E-state index >= 15 is 0 Å². The zero-order chi connectivity index (χ0) is 13.8. The van der Waals surface area contributed by atoms with Crippen LogP contribution < -0.4 is 11.1 Å². The summed E-state index contributed by atoms with van der Waals surface area (Å²) in [6.07, 6.45) is 0. The largest absolute Gasteiger partial charge is 0.398 e. The Balaban J connectivity index is 2.03. The van der Waals surface area contributed by atoms with Crippen LogP contribution in [0.5, 0.6) is 0 Å². The lowest BCUT2D eigenvalue weighted by atomic mass is 10.1. The number of nitrogens with two attached hydrogens (primary N) is 1. The molecule has 3 N–H and O–H groups in total. The van der Waals surface area contributed by atoms with Gasteiger partial charge < -0.3 is 11.1 Å². The minimum Gasteiger partial charge on any atom is -0.398 e. The van der Waals surface area contributed by atoms with Crippen molar-refractivity contribution in [3.8, 4) is 0 Å². The highest BCUT2D eigenvalue weighted by molar-refractivity contribution is 5.95. The highest BCUT2D eigenvalue weighted by Crippen LogP contribution is 2.13. The van der Waals surface area contributed by atoms with E-state index in [1.165, 1.54) is 12.1 Å². The van der Waals surface area contributed by atoms with E-state index in [0.29, 0.717) is 16.8 Å². The fourth-order valence-corrected chi connectivity index (χ4v) is 1.71. The van der Waals surface area contributed by atoms with Crippen LogP contribution in [-0.4, -0.2) is 5.91 Å². The van der Waals surface area contributed by atoms with Gasteiger partial charge in [0, 0.05) is 17.8 Å². The summed E-state index contributed by atoms with van der Waals surface area (Å²) in [5.41, 5.74) is 8.49. The van der Waals surface area contributed by atoms with Gasteiger partial charge >= 0.3 is 0 Å². The lowest BCUT2D eigenvalue weighted by molar-refractivity contribution is 0.0951. The van der Waals surface area contributed by atoms with Gasteiger partial charge in [-0.3, -0.25) is 4.79 Å².